The van der Waals surface area contributed by atoms with Crippen LogP contribution in [0.1, 0.15) is 39.5 Å². The van der Waals surface area contributed by atoms with Gasteiger partial charge in [0, 0.05) is 31.0 Å². The Labute approximate surface area is 235 Å². The van der Waals surface area contributed by atoms with Gasteiger partial charge in [-0.25, -0.2) is 20.4 Å². The molecule has 0 saturated carbocycles. The van der Waals surface area contributed by atoms with Gasteiger partial charge in [0.05, 0.1) is 13.2 Å². The van der Waals surface area contributed by atoms with Gasteiger partial charge in [-0.05, 0) is 54.0 Å². The fourth-order valence-electron chi connectivity index (χ4n) is 4.07. The highest BCUT2D eigenvalue weighted by molar-refractivity contribution is 7.66. The fourth-order valence-corrected chi connectivity index (χ4v) is 6.32. The van der Waals surface area contributed by atoms with Crippen molar-refractivity contribution in [2.24, 2.45) is 0 Å². The van der Waals surface area contributed by atoms with Gasteiger partial charge in [-0.1, -0.05) is 0 Å². The maximum absolute atomic E-state index is 15.1. The van der Waals surface area contributed by atoms with Gasteiger partial charge in [0.15, 0.2) is 11.8 Å². The molecule has 0 aromatic carbocycles. The molecule has 1 aliphatic rings. The lowest BCUT2D eigenvalue weighted by molar-refractivity contribution is -0.0767. The lowest BCUT2D eigenvalue weighted by Crippen LogP contribution is -2.42. The van der Waals surface area contributed by atoms with Crippen molar-refractivity contribution in [2.75, 3.05) is 46.8 Å². The molecule has 0 bridgehead atoms. The Balaban J connectivity index is 2.67. The van der Waals surface area contributed by atoms with Gasteiger partial charge in [-0.15, -0.1) is 0 Å². The minimum atomic E-state index is -3.29. The zero-order chi connectivity index (χ0) is 30.2. The molecule has 226 valence electrons. The molecule has 1 unspecified atom stereocenters. The summed E-state index contributed by atoms with van der Waals surface area (Å²) in [6.07, 6.45) is -1.87. The van der Waals surface area contributed by atoms with E-state index < -0.39 is 57.0 Å². The van der Waals surface area contributed by atoms with Crippen LogP contribution in [0.3, 0.4) is 0 Å². The summed E-state index contributed by atoms with van der Waals surface area (Å²) in [4.78, 5) is 30.5. The van der Waals surface area contributed by atoms with Gasteiger partial charge in [0.1, 0.15) is 32.1 Å². The number of H-pyrrole nitrogens is 1. The van der Waals surface area contributed by atoms with Crippen LogP contribution in [-0.2, 0) is 27.8 Å². The van der Waals surface area contributed by atoms with E-state index in [1.165, 1.54) is 38.1 Å². The summed E-state index contributed by atoms with van der Waals surface area (Å²) in [6, 6.07) is -0.0431. The highest BCUT2D eigenvalue weighted by atomic mass is 31.2. The van der Waals surface area contributed by atoms with Crippen LogP contribution in [0, 0.1) is 13.5 Å². The SMILES string of the molecule is [C-]#[N+]CCOP(O[C@H]1[C@@H](OCCOC)[C@H](n2cc(C)c(=O)[nH]c2=O)O[C@@H]1/C=C(/F)P(C)(C)=O)N(C(C)C)C(C)C. The molecule has 2 heterocycles. The first-order valence-electron chi connectivity index (χ1n) is 12.9. The molecule has 1 fully saturated rings. The number of halogens is 1. The van der Waals surface area contributed by atoms with E-state index >= 15 is 4.39 Å². The number of nitrogens with one attached hydrogen (secondary N) is 1. The van der Waals surface area contributed by atoms with Crippen LogP contribution in [-0.4, -0.2) is 91.4 Å². The molecule has 0 spiro atoms. The molecule has 1 aliphatic heterocycles. The van der Waals surface area contributed by atoms with E-state index in [4.69, 9.17) is 29.8 Å². The van der Waals surface area contributed by atoms with Crippen LogP contribution in [0.5, 0.6) is 0 Å². The van der Waals surface area contributed by atoms with Crippen LogP contribution in [0.25, 0.3) is 4.85 Å². The van der Waals surface area contributed by atoms with Crippen molar-refractivity contribution < 1.29 is 32.2 Å². The molecule has 15 heteroatoms. The van der Waals surface area contributed by atoms with E-state index in [0.29, 0.717) is 0 Å². The maximum atomic E-state index is 15.1. The van der Waals surface area contributed by atoms with E-state index in [2.05, 4.69) is 9.83 Å². The highest BCUT2D eigenvalue weighted by Crippen LogP contribution is 2.52. The van der Waals surface area contributed by atoms with Crippen molar-refractivity contribution in [3.8, 4) is 0 Å². The quantitative estimate of drug-likeness (QED) is 0.180. The van der Waals surface area contributed by atoms with Crippen LogP contribution >= 0.6 is 15.7 Å². The standard InChI is InChI=1S/C25H41FN4O8P2/c1-16(2)30(17(3)4)39(36-11-10-27-6)38-21-19(14-20(26)40(8,9)33)37-24(22(21)35-13-12-34-7)29-15-18(5)23(31)28-25(29)32/h14-17,19,21-22,24H,10-13H2,1-5,7-9H3,(H,28,31,32)/b20-14-/t19-,21-,22-,24-,39?/m1/s1. The second kappa shape index (κ2) is 15.5. The second-order valence-corrected chi connectivity index (χ2v) is 14.8. The molecule has 0 aliphatic carbocycles. The van der Waals surface area contributed by atoms with Crippen molar-refractivity contribution in [1.29, 1.82) is 0 Å². The number of aryl methyl sites for hydroxylation is 1. The molecular weight excluding hydrogens is 565 g/mol. The Morgan fingerprint density at radius 3 is 2.45 bits per heavy atom. The highest BCUT2D eigenvalue weighted by Gasteiger charge is 2.50. The van der Waals surface area contributed by atoms with Crippen molar-refractivity contribution in [3.05, 3.63) is 55.7 Å². The van der Waals surface area contributed by atoms with Gasteiger partial charge < -0.3 is 32.7 Å². The van der Waals surface area contributed by atoms with E-state index in [9.17, 15) is 14.2 Å². The summed E-state index contributed by atoms with van der Waals surface area (Å²) in [6.45, 7) is 19.7. The second-order valence-electron chi connectivity index (χ2n) is 10.2. The third-order valence-corrected chi connectivity index (χ3v) is 9.23. The van der Waals surface area contributed by atoms with Crippen LogP contribution < -0.4 is 11.2 Å². The smallest absolute Gasteiger partial charge is 0.330 e. The first-order chi connectivity index (χ1) is 18.7. The largest absolute Gasteiger partial charge is 0.382 e. The van der Waals surface area contributed by atoms with Gasteiger partial charge >= 0.3 is 5.69 Å². The zero-order valence-corrected chi connectivity index (χ0v) is 26.1. The summed E-state index contributed by atoms with van der Waals surface area (Å²) in [7, 11) is -3.61. The predicted molar refractivity (Wildman–Crippen MR) is 152 cm³/mol. The molecule has 1 aromatic rings. The first kappa shape index (κ1) is 34.5. The Morgan fingerprint density at radius 2 is 1.90 bits per heavy atom. The third kappa shape index (κ3) is 9.13. The molecule has 1 saturated heterocycles. The van der Waals surface area contributed by atoms with Crippen LogP contribution in [0.2, 0.25) is 0 Å². The third-order valence-electron chi connectivity index (χ3n) is 5.92. The van der Waals surface area contributed by atoms with Gasteiger partial charge in [-0.3, -0.25) is 14.3 Å². The Hall–Kier alpha value is -1.74. The van der Waals surface area contributed by atoms with E-state index in [-0.39, 0.29) is 44.0 Å². The van der Waals surface area contributed by atoms with Crippen molar-refractivity contribution in [3.63, 3.8) is 0 Å². The first-order valence-corrected chi connectivity index (χ1v) is 16.7. The van der Waals surface area contributed by atoms with E-state index in [1.807, 2.05) is 32.4 Å². The summed E-state index contributed by atoms with van der Waals surface area (Å²) in [5.41, 5.74) is -1.91. The maximum Gasteiger partial charge on any atom is 0.330 e. The summed E-state index contributed by atoms with van der Waals surface area (Å²) < 4.78 is 60.8. The van der Waals surface area contributed by atoms with Gasteiger partial charge in [0.2, 0.25) is 6.54 Å². The number of nitrogens with zero attached hydrogens (tertiary/aromatic N) is 3. The summed E-state index contributed by atoms with van der Waals surface area (Å²) in [5, 5.41) is 0. The minimum absolute atomic E-state index is 0.0215. The molecule has 1 aromatic heterocycles. The van der Waals surface area contributed by atoms with Crippen molar-refractivity contribution >= 4 is 15.7 Å². The predicted octanol–water partition coefficient (Wildman–Crippen LogP) is 3.87. The Morgan fingerprint density at radius 1 is 1.25 bits per heavy atom. The average molecular weight is 607 g/mol. The lowest BCUT2D eigenvalue weighted by atomic mass is 10.1. The number of ether oxygens (including phenoxy) is 3. The molecule has 40 heavy (non-hydrogen) atoms. The molecule has 12 nitrogen and oxygen atoms in total. The zero-order valence-electron chi connectivity index (χ0n) is 24.3. The van der Waals surface area contributed by atoms with Crippen LogP contribution in [0.4, 0.5) is 4.39 Å². The van der Waals surface area contributed by atoms with Gasteiger partial charge in [-0.2, -0.15) is 0 Å². The van der Waals surface area contributed by atoms with E-state index in [0.717, 1.165) is 6.08 Å². The minimum Gasteiger partial charge on any atom is -0.382 e. The van der Waals surface area contributed by atoms with Crippen LogP contribution in [0.15, 0.2) is 27.4 Å². The number of methoxy groups -OCH3 is 1. The Kier molecular flexibility index (Phi) is 13.3. The molecule has 2 rings (SSSR count). The Bertz CT molecular complexity index is 1200. The number of aromatic nitrogens is 2. The molecular formula is C25H41FN4O8P2. The molecule has 0 radical (unpaired) electrons. The molecule has 0 amide bonds. The fraction of sp³-hybridized carbons (Fsp3) is 0.720. The molecule has 5 atom stereocenters. The average Bonchev–Trinajstić information content (AvgIpc) is 3.17. The number of hydrogen-bond donors (Lipinski definition) is 1. The van der Waals surface area contributed by atoms with Crippen molar-refractivity contribution in [2.45, 2.75) is 71.2 Å². The number of rotatable bonds is 15. The summed E-state index contributed by atoms with van der Waals surface area (Å²) in [5.74, 6) is 0. The summed E-state index contributed by atoms with van der Waals surface area (Å²) >= 11 is 0. The topological polar surface area (TPSA) is 126 Å². The molecule has 1 N–H and O–H groups in total. The lowest BCUT2D eigenvalue weighted by Gasteiger charge is -2.38. The normalized spacial score (nSPS) is 22.8. The van der Waals surface area contributed by atoms with Crippen molar-refractivity contribution in [1.82, 2.24) is 14.2 Å². The monoisotopic (exact) mass is 606 g/mol. The number of hydrogen-bond acceptors (Lipinski definition) is 9. The van der Waals surface area contributed by atoms with E-state index in [1.54, 1.807) is 0 Å². The van der Waals surface area contributed by atoms with Gasteiger partial charge in [0.25, 0.3) is 14.1 Å². The number of aromatic amines is 1.